The van der Waals surface area contributed by atoms with Gasteiger partial charge in [-0.15, -0.1) is 0 Å². The fraction of sp³-hybridized carbons (Fsp3) is 0.333. The number of ether oxygens (including phenoxy) is 1. The highest BCUT2D eigenvalue weighted by molar-refractivity contribution is 6.14. The van der Waals surface area contributed by atoms with Crippen molar-refractivity contribution in [1.29, 1.82) is 0 Å². The van der Waals surface area contributed by atoms with Gasteiger partial charge in [-0.3, -0.25) is 15.0 Å². The second kappa shape index (κ2) is 5.88. The lowest BCUT2D eigenvalue weighted by Crippen LogP contribution is -2.37. The van der Waals surface area contributed by atoms with Gasteiger partial charge in [0.2, 0.25) is 0 Å². The van der Waals surface area contributed by atoms with E-state index in [0.29, 0.717) is 6.42 Å². The van der Waals surface area contributed by atoms with Crippen LogP contribution in [0.5, 0.6) is 0 Å². The summed E-state index contributed by atoms with van der Waals surface area (Å²) in [6.45, 7) is -0.223. The zero-order chi connectivity index (χ0) is 15.7. The number of carbonyl (C=O) groups is 2. The van der Waals surface area contributed by atoms with Crippen LogP contribution in [-0.2, 0) is 9.53 Å². The Morgan fingerprint density at radius 1 is 1.36 bits per heavy atom. The van der Waals surface area contributed by atoms with Crippen LogP contribution in [-0.4, -0.2) is 46.9 Å². The summed E-state index contributed by atoms with van der Waals surface area (Å²) < 4.78 is 5.59. The number of urea groups is 1. The van der Waals surface area contributed by atoms with Gasteiger partial charge in [0.25, 0.3) is 5.91 Å². The number of amides is 3. The minimum atomic E-state index is -0.659. The third-order valence-corrected chi connectivity index (χ3v) is 3.79. The molecule has 2 heterocycles. The van der Waals surface area contributed by atoms with Gasteiger partial charge in [0, 0.05) is 12.5 Å². The van der Waals surface area contributed by atoms with Gasteiger partial charge in [-0.1, -0.05) is 30.3 Å². The second-order valence-corrected chi connectivity index (χ2v) is 5.28. The van der Waals surface area contributed by atoms with E-state index in [4.69, 9.17) is 10.5 Å². The standard InChI is InChI=1S/C15H17N3O4/c16-10-7-13(22-12(10)8-19)18-11(14(20)17-15(18)21)6-9-4-2-1-3-5-9/h1-6,10,12-13,19H,7-8,16H2,(H,17,20,21)/b11-6-/t10-,12+,13+/m0/s1. The number of carbonyl (C=O) groups excluding carboxylic acids is 2. The molecular formula is C15H17N3O4. The van der Waals surface area contributed by atoms with Crippen molar-refractivity contribution in [3.05, 3.63) is 41.6 Å². The molecule has 1 aromatic rings. The van der Waals surface area contributed by atoms with Crippen LogP contribution in [0.25, 0.3) is 6.08 Å². The maximum absolute atomic E-state index is 12.0. The van der Waals surface area contributed by atoms with Crippen molar-refractivity contribution in [2.24, 2.45) is 5.73 Å². The second-order valence-electron chi connectivity index (χ2n) is 5.28. The molecule has 2 aliphatic heterocycles. The zero-order valence-electron chi connectivity index (χ0n) is 11.8. The van der Waals surface area contributed by atoms with E-state index in [2.05, 4.69) is 5.32 Å². The third kappa shape index (κ3) is 2.61. The highest BCUT2D eigenvalue weighted by Gasteiger charge is 2.44. The first-order valence-corrected chi connectivity index (χ1v) is 7.03. The van der Waals surface area contributed by atoms with Gasteiger partial charge in [0.1, 0.15) is 11.9 Å². The molecule has 3 rings (SSSR count). The molecular weight excluding hydrogens is 286 g/mol. The molecule has 3 atom stereocenters. The maximum atomic E-state index is 12.0. The molecule has 7 heteroatoms. The summed E-state index contributed by atoms with van der Waals surface area (Å²) in [7, 11) is 0. The van der Waals surface area contributed by atoms with E-state index in [9.17, 15) is 14.7 Å². The average molecular weight is 303 g/mol. The topological polar surface area (TPSA) is 105 Å². The molecule has 7 nitrogen and oxygen atoms in total. The molecule has 2 aliphatic rings. The zero-order valence-corrected chi connectivity index (χ0v) is 11.8. The van der Waals surface area contributed by atoms with Crippen LogP contribution in [0.4, 0.5) is 4.79 Å². The van der Waals surface area contributed by atoms with Crippen LogP contribution in [0, 0.1) is 0 Å². The van der Waals surface area contributed by atoms with Crippen LogP contribution < -0.4 is 11.1 Å². The Morgan fingerprint density at radius 3 is 2.73 bits per heavy atom. The molecule has 2 fully saturated rings. The number of rotatable bonds is 3. The summed E-state index contributed by atoms with van der Waals surface area (Å²) in [6, 6.07) is 8.30. The number of hydrogen-bond acceptors (Lipinski definition) is 5. The molecule has 3 amide bonds. The predicted octanol–water partition coefficient (Wildman–Crippen LogP) is 0.0139. The fourth-order valence-corrected chi connectivity index (χ4v) is 2.66. The van der Waals surface area contributed by atoms with Gasteiger partial charge in [-0.25, -0.2) is 4.79 Å². The minimum absolute atomic E-state index is 0.215. The molecule has 1 aromatic carbocycles. The van der Waals surface area contributed by atoms with E-state index in [1.807, 2.05) is 30.3 Å². The van der Waals surface area contributed by atoms with Crippen LogP contribution in [0.3, 0.4) is 0 Å². The highest BCUT2D eigenvalue weighted by atomic mass is 16.5. The minimum Gasteiger partial charge on any atom is -0.394 e. The van der Waals surface area contributed by atoms with Gasteiger partial charge >= 0.3 is 6.03 Å². The van der Waals surface area contributed by atoms with Gasteiger partial charge < -0.3 is 15.6 Å². The van der Waals surface area contributed by atoms with E-state index in [1.54, 1.807) is 6.08 Å². The van der Waals surface area contributed by atoms with Crippen molar-refractivity contribution in [3.63, 3.8) is 0 Å². The Morgan fingerprint density at radius 2 is 2.09 bits per heavy atom. The Bertz CT molecular complexity index is 616. The number of nitrogens with two attached hydrogens (primary N) is 1. The number of nitrogens with zero attached hydrogens (tertiary/aromatic N) is 1. The van der Waals surface area contributed by atoms with Crippen LogP contribution in [0.15, 0.2) is 36.0 Å². The molecule has 0 bridgehead atoms. The van der Waals surface area contributed by atoms with Crippen LogP contribution in [0.1, 0.15) is 12.0 Å². The lowest BCUT2D eigenvalue weighted by Gasteiger charge is -2.22. The smallest absolute Gasteiger partial charge is 0.331 e. The van der Waals surface area contributed by atoms with Crippen molar-refractivity contribution in [2.45, 2.75) is 24.8 Å². The molecule has 4 N–H and O–H groups in total. The molecule has 22 heavy (non-hydrogen) atoms. The summed E-state index contributed by atoms with van der Waals surface area (Å²) in [6.07, 6.45) is 0.791. The van der Waals surface area contributed by atoms with Gasteiger partial charge in [0.05, 0.1) is 12.7 Å². The predicted molar refractivity (Wildman–Crippen MR) is 78.1 cm³/mol. The number of benzene rings is 1. The van der Waals surface area contributed by atoms with Crippen molar-refractivity contribution in [1.82, 2.24) is 10.2 Å². The first kappa shape index (κ1) is 14.7. The van der Waals surface area contributed by atoms with Crippen molar-refractivity contribution in [2.75, 3.05) is 6.61 Å². The van der Waals surface area contributed by atoms with E-state index in [1.165, 1.54) is 4.90 Å². The van der Waals surface area contributed by atoms with Gasteiger partial charge in [-0.05, 0) is 11.6 Å². The number of hydrogen-bond donors (Lipinski definition) is 3. The molecule has 0 radical (unpaired) electrons. The average Bonchev–Trinajstić information content (AvgIpc) is 3.00. The largest absolute Gasteiger partial charge is 0.394 e. The molecule has 0 unspecified atom stereocenters. The van der Waals surface area contributed by atoms with Crippen molar-refractivity contribution < 1.29 is 19.4 Å². The normalized spacial score (nSPS) is 30.2. The Kier molecular flexibility index (Phi) is 3.93. The first-order chi connectivity index (χ1) is 10.6. The Hall–Kier alpha value is -2.22. The summed E-state index contributed by atoms with van der Waals surface area (Å²) in [5, 5.41) is 11.5. The van der Waals surface area contributed by atoms with E-state index in [0.717, 1.165) is 5.56 Å². The highest BCUT2D eigenvalue weighted by Crippen LogP contribution is 2.28. The SMILES string of the molecule is N[C@H]1C[C@H](N2C(=O)NC(=O)/C2=C/c2ccccc2)O[C@@H]1CO. The summed E-state index contributed by atoms with van der Waals surface area (Å²) in [4.78, 5) is 25.3. The number of imide groups is 1. The van der Waals surface area contributed by atoms with Crippen LogP contribution in [0.2, 0.25) is 0 Å². The summed E-state index contributed by atoms with van der Waals surface area (Å²) in [5.41, 5.74) is 6.89. The van der Waals surface area contributed by atoms with Crippen LogP contribution >= 0.6 is 0 Å². The van der Waals surface area contributed by atoms with Gasteiger partial charge in [0.15, 0.2) is 0 Å². The molecule has 0 spiro atoms. The number of aliphatic hydroxyl groups excluding tert-OH is 1. The Labute approximate surface area is 127 Å². The van der Waals surface area contributed by atoms with Crippen molar-refractivity contribution >= 4 is 18.0 Å². The van der Waals surface area contributed by atoms with E-state index in [-0.39, 0.29) is 18.3 Å². The fourth-order valence-electron chi connectivity index (χ4n) is 2.66. The first-order valence-electron chi connectivity index (χ1n) is 7.03. The molecule has 0 aromatic heterocycles. The molecule has 0 saturated carbocycles. The Balaban J connectivity index is 1.90. The molecule has 0 aliphatic carbocycles. The molecule has 2 saturated heterocycles. The molecule has 116 valence electrons. The lowest BCUT2D eigenvalue weighted by molar-refractivity contribution is -0.116. The quantitative estimate of drug-likeness (QED) is 0.539. The third-order valence-electron chi connectivity index (χ3n) is 3.79. The number of nitrogens with one attached hydrogen (secondary N) is 1. The summed E-state index contributed by atoms with van der Waals surface area (Å²) in [5.74, 6) is -0.474. The lowest BCUT2D eigenvalue weighted by atomic mass is 10.1. The van der Waals surface area contributed by atoms with Crippen molar-refractivity contribution in [3.8, 4) is 0 Å². The number of aliphatic hydroxyl groups is 1. The maximum Gasteiger partial charge on any atom is 0.331 e. The van der Waals surface area contributed by atoms with Gasteiger partial charge in [-0.2, -0.15) is 0 Å². The monoisotopic (exact) mass is 303 g/mol. The summed E-state index contributed by atoms with van der Waals surface area (Å²) >= 11 is 0. The van der Waals surface area contributed by atoms with E-state index < -0.39 is 24.3 Å². The van der Waals surface area contributed by atoms with E-state index >= 15 is 0 Å².